The van der Waals surface area contributed by atoms with Crippen LogP contribution in [0.2, 0.25) is 0 Å². The number of nitrogens with zero attached hydrogens (tertiary/aromatic N) is 2. The molecule has 1 saturated heterocycles. The van der Waals surface area contributed by atoms with E-state index in [4.69, 9.17) is 0 Å². The molecule has 2 unspecified atom stereocenters. The van der Waals surface area contributed by atoms with Crippen LogP contribution in [0.4, 0.5) is 0 Å². The average molecular weight is 253 g/mol. The lowest BCUT2D eigenvalue weighted by molar-refractivity contribution is 0.0841. The Balaban J connectivity index is 1.76. The number of hydrogen-bond donors (Lipinski definition) is 1. The summed E-state index contributed by atoms with van der Waals surface area (Å²) in [4.78, 5) is 5.30. The van der Waals surface area contributed by atoms with E-state index < -0.39 is 0 Å². The maximum absolute atomic E-state index is 3.53. The Morgan fingerprint density at radius 2 is 1.72 bits per heavy atom. The Labute approximate surface area is 113 Å². The summed E-state index contributed by atoms with van der Waals surface area (Å²) in [6, 6.07) is 1.48. The third-order valence-electron chi connectivity index (χ3n) is 4.91. The Morgan fingerprint density at radius 1 is 1.06 bits per heavy atom. The predicted octanol–water partition coefficient (Wildman–Crippen LogP) is 1.79. The van der Waals surface area contributed by atoms with Crippen molar-refractivity contribution in [1.82, 2.24) is 15.1 Å². The van der Waals surface area contributed by atoms with Crippen LogP contribution in [0.3, 0.4) is 0 Å². The molecule has 3 heteroatoms. The van der Waals surface area contributed by atoms with Crippen LogP contribution in [-0.4, -0.2) is 61.7 Å². The first-order chi connectivity index (χ1) is 8.70. The average Bonchev–Trinajstić information content (AvgIpc) is 2.40. The quantitative estimate of drug-likeness (QED) is 0.824. The molecule has 2 fully saturated rings. The smallest absolute Gasteiger partial charge is 0.0113 e. The molecule has 1 N–H and O–H groups in total. The highest BCUT2D eigenvalue weighted by atomic mass is 15.3. The highest BCUT2D eigenvalue weighted by Crippen LogP contribution is 2.25. The Bertz CT molecular complexity index is 234. The van der Waals surface area contributed by atoms with E-state index in [1.54, 1.807) is 0 Å². The van der Waals surface area contributed by atoms with E-state index in [1.807, 2.05) is 0 Å². The second kappa shape index (κ2) is 6.88. The minimum Gasteiger partial charge on any atom is -0.317 e. The summed E-state index contributed by atoms with van der Waals surface area (Å²) >= 11 is 0. The van der Waals surface area contributed by atoms with Crippen LogP contribution in [0.15, 0.2) is 0 Å². The summed E-state index contributed by atoms with van der Waals surface area (Å²) < 4.78 is 0. The molecule has 2 atom stereocenters. The van der Waals surface area contributed by atoms with Gasteiger partial charge in [0.05, 0.1) is 0 Å². The lowest BCUT2D eigenvalue weighted by Gasteiger charge is -2.40. The summed E-state index contributed by atoms with van der Waals surface area (Å²) in [7, 11) is 2.14. The van der Waals surface area contributed by atoms with Crippen molar-refractivity contribution in [2.24, 2.45) is 5.92 Å². The van der Waals surface area contributed by atoms with Gasteiger partial charge in [-0.25, -0.2) is 0 Å². The van der Waals surface area contributed by atoms with Gasteiger partial charge in [-0.2, -0.15) is 0 Å². The van der Waals surface area contributed by atoms with Crippen LogP contribution in [0, 0.1) is 5.92 Å². The van der Waals surface area contributed by atoms with Crippen molar-refractivity contribution in [3.05, 3.63) is 0 Å². The summed E-state index contributed by atoms with van der Waals surface area (Å²) in [5, 5.41) is 3.53. The summed E-state index contributed by atoms with van der Waals surface area (Å²) in [6.07, 6.45) is 5.67. The zero-order valence-electron chi connectivity index (χ0n) is 12.5. The van der Waals surface area contributed by atoms with Gasteiger partial charge in [0.2, 0.25) is 0 Å². The van der Waals surface area contributed by atoms with Gasteiger partial charge in [-0.15, -0.1) is 0 Å². The molecular formula is C15H31N3. The molecule has 0 aromatic rings. The van der Waals surface area contributed by atoms with Crippen LogP contribution in [0.5, 0.6) is 0 Å². The van der Waals surface area contributed by atoms with E-state index in [0.29, 0.717) is 6.04 Å². The van der Waals surface area contributed by atoms with Gasteiger partial charge in [-0.05, 0) is 39.7 Å². The zero-order chi connectivity index (χ0) is 13.0. The van der Waals surface area contributed by atoms with Crippen LogP contribution < -0.4 is 5.32 Å². The van der Waals surface area contributed by atoms with Gasteiger partial charge in [0.1, 0.15) is 0 Å². The molecular weight excluding hydrogens is 222 g/mol. The molecule has 0 radical (unpaired) electrons. The minimum absolute atomic E-state index is 0.715. The number of nitrogens with one attached hydrogen (secondary N) is 1. The van der Waals surface area contributed by atoms with Crippen LogP contribution in [0.1, 0.15) is 39.5 Å². The fourth-order valence-corrected chi connectivity index (χ4v) is 3.60. The van der Waals surface area contributed by atoms with Gasteiger partial charge in [0.25, 0.3) is 0 Å². The molecule has 1 saturated carbocycles. The molecule has 3 nitrogen and oxygen atoms in total. The monoisotopic (exact) mass is 253 g/mol. The normalized spacial score (nSPS) is 32.0. The second-order valence-electron chi connectivity index (χ2n) is 6.37. The summed E-state index contributed by atoms with van der Waals surface area (Å²) in [5.74, 6) is 0.884. The van der Waals surface area contributed by atoms with Crippen molar-refractivity contribution in [2.75, 3.05) is 39.8 Å². The number of hydrogen-bond acceptors (Lipinski definition) is 3. The highest BCUT2D eigenvalue weighted by molar-refractivity contribution is 4.84. The maximum atomic E-state index is 3.53. The topological polar surface area (TPSA) is 18.5 Å². The molecule has 18 heavy (non-hydrogen) atoms. The summed E-state index contributed by atoms with van der Waals surface area (Å²) in [6.45, 7) is 11.0. The lowest BCUT2D eigenvalue weighted by Crippen LogP contribution is -2.51. The molecule has 2 aliphatic rings. The first-order valence-corrected chi connectivity index (χ1v) is 7.84. The van der Waals surface area contributed by atoms with Crippen molar-refractivity contribution < 1.29 is 0 Å². The largest absolute Gasteiger partial charge is 0.317 e. The zero-order valence-corrected chi connectivity index (χ0v) is 12.5. The molecule has 0 aromatic carbocycles. The van der Waals surface area contributed by atoms with Crippen molar-refractivity contribution in [1.29, 1.82) is 0 Å². The highest BCUT2D eigenvalue weighted by Gasteiger charge is 2.27. The van der Waals surface area contributed by atoms with Crippen molar-refractivity contribution in [2.45, 2.75) is 51.6 Å². The third kappa shape index (κ3) is 3.69. The molecule has 2 rings (SSSR count). The van der Waals surface area contributed by atoms with Crippen LogP contribution >= 0.6 is 0 Å². The van der Waals surface area contributed by atoms with Crippen molar-refractivity contribution in [3.8, 4) is 0 Å². The SMILES string of the molecule is CNC1CCCCC1CN1CCN(C(C)C)CC1. The Kier molecular flexibility index (Phi) is 5.46. The molecule has 0 amide bonds. The Hall–Kier alpha value is -0.120. The van der Waals surface area contributed by atoms with E-state index >= 15 is 0 Å². The summed E-state index contributed by atoms with van der Waals surface area (Å²) in [5.41, 5.74) is 0. The molecule has 106 valence electrons. The number of rotatable bonds is 4. The fraction of sp³-hybridized carbons (Fsp3) is 1.00. The van der Waals surface area contributed by atoms with Gasteiger partial charge in [-0.1, -0.05) is 12.8 Å². The van der Waals surface area contributed by atoms with Crippen molar-refractivity contribution >= 4 is 0 Å². The van der Waals surface area contributed by atoms with E-state index in [2.05, 4.69) is 36.0 Å². The van der Waals surface area contributed by atoms with Crippen LogP contribution in [0.25, 0.3) is 0 Å². The van der Waals surface area contributed by atoms with E-state index in [9.17, 15) is 0 Å². The maximum Gasteiger partial charge on any atom is 0.0113 e. The molecule has 0 bridgehead atoms. The molecule has 0 aromatic heterocycles. The molecule has 0 spiro atoms. The third-order valence-corrected chi connectivity index (χ3v) is 4.91. The standard InChI is InChI=1S/C15H31N3/c1-13(2)18-10-8-17(9-11-18)12-14-6-4-5-7-15(14)16-3/h13-16H,4-12H2,1-3H3. The molecule has 1 aliphatic carbocycles. The van der Waals surface area contributed by atoms with Crippen molar-refractivity contribution in [3.63, 3.8) is 0 Å². The van der Waals surface area contributed by atoms with Gasteiger partial charge in [0.15, 0.2) is 0 Å². The second-order valence-corrected chi connectivity index (χ2v) is 6.37. The first-order valence-electron chi connectivity index (χ1n) is 7.84. The fourth-order valence-electron chi connectivity index (χ4n) is 3.60. The first kappa shape index (κ1) is 14.3. The van der Waals surface area contributed by atoms with E-state index in [-0.39, 0.29) is 0 Å². The Morgan fingerprint density at radius 3 is 2.33 bits per heavy atom. The minimum atomic E-state index is 0.715. The molecule has 1 aliphatic heterocycles. The molecule has 1 heterocycles. The van der Waals surface area contributed by atoms with Crippen LogP contribution in [-0.2, 0) is 0 Å². The predicted molar refractivity (Wildman–Crippen MR) is 78.0 cm³/mol. The van der Waals surface area contributed by atoms with Gasteiger partial charge in [0, 0.05) is 44.8 Å². The van der Waals surface area contributed by atoms with Gasteiger partial charge in [-0.3, -0.25) is 4.90 Å². The lowest BCUT2D eigenvalue weighted by atomic mass is 9.84. The van der Waals surface area contributed by atoms with E-state index in [0.717, 1.165) is 12.0 Å². The van der Waals surface area contributed by atoms with E-state index in [1.165, 1.54) is 58.4 Å². The van der Waals surface area contributed by atoms with Gasteiger partial charge < -0.3 is 10.2 Å². The number of piperazine rings is 1. The van der Waals surface area contributed by atoms with Gasteiger partial charge >= 0.3 is 0 Å².